The van der Waals surface area contributed by atoms with Crippen molar-refractivity contribution in [2.24, 2.45) is 0 Å². The highest BCUT2D eigenvalue weighted by Gasteiger charge is 2.09. The fourth-order valence-corrected chi connectivity index (χ4v) is 3.30. The van der Waals surface area contributed by atoms with Gasteiger partial charge in [-0.15, -0.1) is 0 Å². The van der Waals surface area contributed by atoms with E-state index in [1.807, 2.05) is 56.3 Å². The Balaban J connectivity index is 1.40. The van der Waals surface area contributed by atoms with Crippen LogP contribution in [0, 0.1) is 0 Å². The lowest BCUT2D eigenvalue weighted by Gasteiger charge is -2.12. The molecule has 35 heavy (non-hydrogen) atoms. The minimum Gasteiger partial charge on any atom is -0.376 e. The van der Waals surface area contributed by atoms with Crippen LogP contribution >= 0.6 is 0 Å². The number of anilines is 3. The van der Waals surface area contributed by atoms with Crippen LogP contribution in [-0.2, 0) is 16.0 Å². The second-order valence-corrected chi connectivity index (χ2v) is 8.37. The molecule has 182 valence electrons. The minimum atomic E-state index is -0.208. The molecular formula is C28H32N4O3. The molecule has 3 aromatic carbocycles. The lowest BCUT2D eigenvalue weighted by Crippen LogP contribution is -2.31. The average molecular weight is 473 g/mol. The summed E-state index contributed by atoms with van der Waals surface area (Å²) in [6, 6.07) is 24.0. The zero-order chi connectivity index (χ0) is 25.0. The van der Waals surface area contributed by atoms with Crippen molar-refractivity contribution in [3.63, 3.8) is 0 Å². The molecule has 3 rings (SSSR count). The van der Waals surface area contributed by atoms with Crippen LogP contribution in [0.3, 0.4) is 0 Å². The second kappa shape index (κ2) is 12.9. The Bertz CT molecular complexity index is 1110. The first-order chi connectivity index (χ1) is 16.9. The van der Waals surface area contributed by atoms with Crippen LogP contribution in [0.15, 0.2) is 78.9 Å². The Morgan fingerprint density at radius 3 is 1.94 bits per heavy atom. The number of amides is 3. The summed E-state index contributed by atoms with van der Waals surface area (Å²) in [5.74, 6) is -0.382. The third kappa shape index (κ3) is 8.62. The van der Waals surface area contributed by atoms with Crippen molar-refractivity contribution in [2.45, 2.75) is 39.2 Å². The molecule has 1 unspecified atom stereocenters. The molecule has 7 nitrogen and oxygen atoms in total. The number of carbonyl (C=O) groups is 3. The van der Waals surface area contributed by atoms with E-state index >= 15 is 0 Å². The maximum absolute atomic E-state index is 12.3. The van der Waals surface area contributed by atoms with Gasteiger partial charge in [0.2, 0.25) is 11.8 Å². The number of rotatable bonds is 11. The first-order valence-corrected chi connectivity index (χ1v) is 11.8. The summed E-state index contributed by atoms with van der Waals surface area (Å²) in [5.41, 5.74) is 3.76. The summed E-state index contributed by atoms with van der Waals surface area (Å²) < 4.78 is 0. The SMILES string of the molecule is CCC(C)NC(=O)c1ccc(NC(=O)CNc2ccc(NC(=O)CCc3ccccc3)cc2)cc1. The molecule has 0 aliphatic heterocycles. The van der Waals surface area contributed by atoms with Gasteiger partial charge in [0.15, 0.2) is 0 Å². The zero-order valence-corrected chi connectivity index (χ0v) is 20.1. The second-order valence-electron chi connectivity index (χ2n) is 8.37. The van der Waals surface area contributed by atoms with E-state index in [9.17, 15) is 14.4 Å². The van der Waals surface area contributed by atoms with Crippen LogP contribution in [-0.4, -0.2) is 30.3 Å². The number of carbonyl (C=O) groups excluding carboxylic acids is 3. The van der Waals surface area contributed by atoms with E-state index in [-0.39, 0.29) is 30.3 Å². The van der Waals surface area contributed by atoms with Gasteiger partial charge in [0, 0.05) is 35.1 Å². The molecule has 0 aliphatic carbocycles. The molecule has 1 atom stereocenters. The topological polar surface area (TPSA) is 99.3 Å². The fraction of sp³-hybridized carbons (Fsp3) is 0.250. The van der Waals surface area contributed by atoms with E-state index < -0.39 is 0 Å². The van der Waals surface area contributed by atoms with Gasteiger partial charge in [0.25, 0.3) is 5.91 Å². The maximum Gasteiger partial charge on any atom is 0.251 e. The Hall–Kier alpha value is -4.13. The van der Waals surface area contributed by atoms with Crippen LogP contribution in [0.2, 0.25) is 0 Å². The molecule has 0 aromatic heterocycles. The van der Waals surface area contributed by atoms with Gasteiger partial charge in [-0.25, -0.2) is 0 Å². The Kier molecular flexibility index (Phi) is 9.42. The standard InChI is InChI=1S/C28H32N4O3/c1-3-20(2)30-28(35)22-10-12-24(13-11-22)32-27(34)19-29-23-14-16-25(17-15-23)31-26(33)18-9-21-7-5-4-6-8-21/h4-8,10-17,20,29H,3,9,18-19H2,1-2H3,(H,30,35)(H,31,33)(H,32,34). The molecule has 4 N–H and O–H groups in total. The van der Waals surface area contributed by atoms with Gasteiger partial charge in [-0.3, -0.25) is 14.4 Å². The highest BCUT2D eigenvalue weighted by Crippen LogP contribution is 2.15. The molecule has 0 aliphatic rings. The monoisotopic (exact) mass is 472 g/mol. The summed E-state index contributed by atoms with van der Waals surface area (Å²) in [6.45, 7) is 4.05. The smallest absolute Gasteiger partial charge is 0.251 e. The first kappa shape index (κ1) is 25.5. The molecule has 0 saturated carbocycles. The van der Waals surface area contributed by atoms with Crippen LogP contribution in [0.4, 0.5) is 17.1 Å². The quantitative estimate of drug-likeness (QED) is 0.321. The number of aryl methyl sites for hydroxylation is 1. The van der Waals surface area contributed by atoms with Crippen molar-refractivity contribution in [3.8, 4) is 0 Å². The van der Waals surface area contributed by atoms with Gasteiger partial charge in [-0.05, 0) is 73.9 Å². The number of hydrogen-bond donors (Lipinski definition) is 4. The van der Waals surface area contributed by atoms with Gasteiger partial charge >= 0.3 is 0 Å². The molecule has 0 saturated heterocycles. The van der Waals surface area contributed by atoms with E-state index in [1.165, 1.54) is 0 Å². The van der Waals surface area contributed by atoms with Gasteiger partial charge in [0.05, 0.1) is 6.54 Å². The maximum atomic E-state index is 12.3. The van der Waals surface area contributed by atoms with E-state index in [4.69, 9.17) is 0 Å². The van der Waals surface area contributed by atoms with Gasteiger partial charge in [-0.1, -0.05) is 37.3 Å². The summed E-state index contributed by atoms with van der Waals surface area (Å²) >= 11 is 0. The Labute approximate surface area is 206 Å². The molecule has 0 bridgehead atoms. The van der Waals surface area contributed by atoms with Crippen LogP contribution < -0.4 is 21.3 Å². The lowest BCUT2D eigenvalue weighted by atomic mass is 10.1. The van der Waals surface area contributed by atoms with Crippen molar-refractivity contribution in [1.29, 1.82) is 0 Å². The predicted molar refractivity (Wildman–Crippen MR) is 141 cm³/mol. The molecule has 0 radical (unpaired) electrons. The third-order valence-corrected chi connectivity index (χ3v) is 5.53. The average Bonchev–Trinajstić information content (AvgIpc) is 2.88. The van der Waals surface area contributed by atoms with Gasteiger partial charge in [0.1, 0.15) is 0 Å². The van der Waals surface area contributed by atoms with Gasteiger partial charge in [-0.2, -0.15) is 0 Å². The highest BCUT2D eigenvalue weighted by molar-refractivity contribution is 5.97. The summed E-state index contributed by atoms with van der Waals surface area (Å²) in [5, 5.41) is 11.7. The number of nitrogens with one attached hydrogen (secondary N) is 4. The third-order valence-electron chi connectivity index (χ3n) is 5.53. The molecule has 0 fully saturated rings. The predicted octanol–water partition coefficient (Wildman–Crippen LogP) is 4.84. The van der Waals surface area contributed by atoms with Crippen LogP contribution in [0.5, 0.6) is 0 Å². The normalized spacial score (nSPS) is 11.3. The van der Waals surface area contributed by atoms with Crippen molar-refractivity contribution >= 4 is 34.8 Å². The van der Waals surface area contributed by atoms with E-state index in [2.05, 4.69) is 21.3 Å². The van der Waals surface area contributed by atoms with E-state index in [0.717, 1.165) is 17.7 Å². The Morgan fingerprint density at radius 1 is 0.743 bits per heavy atom. The molecule has 3 amide bonds. The van der Waals surface area contributed by atoms with E-state index in [1.54, 1.807) is 36.4 Å². The molecule has 3 aromatic rings. The minimum absolute atomic E-state index is 0.0442. The molecule has 7 heteroatoms. The van der Waals surface area contributed by atoms with Crippen LogP contribution in [0.1, 0.15) is 42.6 Å². The van der Waals surface area contributed by atoms with Crippen molar-refractivity contribution in [1.82, 2.24) is 5.32 Å². The zero-order valence-electron chi connectivity index (χ0n) is 20.1. The molecular weight excluding hydrogens is 440 g/mol. The fourth-order valence-electron chi connectivity index (χ4n) is 3.30. The lowest BCUT2D eigenvalue weighted by molar-refractivity contribution is -0.116. The molecule has 0 heterocycles. The van der Waals surface area contributed by atoms with Gasteiger partial charge < -0.3 is 21.3 Å². The Morgan fingerprint density at radius 2 is 1.31 bits per heavy atom. The number of hydrogen-bond acceptors (Lipinski definition) is 4. The summed E-state index contributed by atoms with van der Waals surface area (Å²) in [4.78, 5) is 36.6. The molecule has 0 spiro atoms. The summed E-state index contributed by atoms with van der Waals surface area (Å²) in [6.07, 6.45) is 1.96. The van der Waals surface area contributed by atoms with Crippen molar-refractivity contribution in [3.05, 3.63) is 90.0 Å². The number of benzene rings is 3. The first-order valence-electron chi connectivity index (χ1n) is 11.8. The van der Waals surface area contributed by atoms with Crippen molar-refractivity contribution in [2.75, 3.05) is 22.5 Å². The van der Waals surface area contributed by atoms with E-state index in [0.29, 0.717) is 29.8 Å². The summed E-state index contributed by atoms with van der Waals surface area (Å²) in [7, 11) is 0. The van der Waals surface area contributed by atoms with Crippen LogP contribution in [0.25, 0.3) is 0 Å². The van der Waals surface area contributed by atoms with Crippen molar-refractivity contribution < 1.29 is 14.4 Å². The highest BCUT2D eigenvalue weighted by atomic mass is 16.2. The largest absolute Gasteiger partial charge is 0.376 e.